The topological polar surface area (TPSA) is 23.6 Å². The Hall–Kier alpha value is -1.27. The van der Waals surface area contributed by atoms with Gasteiger partial charge in [0.1, 0.15) is 6.04 Å². The van der Waals surface area contributed by atoms with Gasteiger partial charge in [-0.25, -0.2) is 0 Å². The van der Waals surface area contributed by atoms with Crippen molar-refractivity contribution in [2.24, 2.45) is 0 Å². The van der Waals surface area contributed by atoms with E-state index < -0.39 is 0 Å². The summed E-state index contributed by atoms with van der Waals surface area (Å²) >= 11 is 0. The number of hydrogen-bond acceptors (Lipinski definition) is 2. The number of nitrogens with zero attached hydrogens (tertiary/aromatic N) is 2. The molecule has 0 unspecified atom stereocenters. The van der Waals surface area contributed by atoms with Gasteiger partial charge in [-0.15, -0.1) is 6.42 Å². The molecule has 1 aliphatic heterocycles. The summed E-state index contributed by atoms with van der Waals surface area (Å²) in [5.74, 6) is 2.63. The Bertz CT molecular complexity index is 316. The Labute approximate surface area is 98.1 Å². The Morgan fingerprint density at radius 1 is 1.56 bits per heavy atom. The third-order valence-corrected chi connectivity index (χ3v) is 3.07. The largest absolute Gasteiger partial charge is 0.320 e. The van der Waals surface area contributed by atoms with E-state index in [2.05, 4.69) is 31.2 Å². The number of carbonyl (C=O) groups excluding carboxylic acids is 1. The van der Waals surface area contributed by atoms with Crippen LogP contribution in [0.1, 0.15) is 20.8 Å². The third-order valence-electron chi connectivity index (χ3n) is 3.07. The SMILES string of the molecule is C#C[C@@H]1CN(C(C)C)C[C@H](C)N1C(=O)C=C. The molecule has 0 saturated carbocycles. The smallest absolute Gasteiger partial charge is 0.247 e. The van der Waals surface area contributed by atoms with Gasteiger partial charge < -0.3 is 4.90 Å². The number of amides is 1. The van der Waals surface area contributed by atoms with E-state index in [1.807, 2.05) is 6.92 Å². The highest BCUT2D eigenvalue weighted by molar-refractivity contribution is 5.88. The zero-order valence-electron chi connectivity index (χ0n) is 10.3. The number of carbonyl (C=O) groups is 1. The highest BCUT2D eigenvalue weighted by atomic mass is 16.2. The lowest BCUT2D eigenvalue weighted by Gasteiger charge is -2.44. The summed E-state index contributed by atoms with van der Waals surface area (Å²) < 4.78 is 0. The van der Waals surface area contributed by atoms with Crippen molar-refractivity contribution in [3.63, 3.8) is 0 Å². The second-order valence-electron chi connectivity index (χ2n) is 4.53. The van der Waals surface area contributed by atoms with Crippen molar-refractivity contribution in [2.75, 3.05) is 13.1 Å². The lowest BCUT2D eigenvalue weighted by atomic mass is 10.1. The fourth-order valence-corrected chi connectivity index (χ4v) is 2.15. The quantitative estimate of drug-likeness (QED) is 0.514. The first-order valence-electron chi connectivity index (χ1n) is 5.66. The van der Waals surface area contributed by atoms with Gasteiger partial charge in [0.25, 0.3) is 0 Å². The van der Waals surface area contributed by atoms with E-state index in [1.165, 1.54) is 6.08 Å². The molecule has 1 rings (SSSR count). The van der Waals surface area contributed by atoms with E-state index in [0.29, 0.717) is 6.04 Å². The molecular formula is C13H20N2O. The van der Waals surface area contributed by atoms with Crippen LogP contribution in [0.5, 0.6) is 0 Å². The first-order chi connectivity index (χ1) is 7.51. The molecular weight excluding hydrogens is 200 g/mol. The Morgan fingerprint density at radius 3 is 2.62 bits per heavy atom. The van der Waals surface area contributed by atoms with Crippen LogP contribution in [0.25, 0.3) is 0 Å². The van der Waals surface area contributed by atoms with E-state index >= 15 is 0 Å². The Balaban J connectivity index is 2.85. The van der Waals surface area contributed by atoms with Crippen molar-refractivity contribution in [3.8, 4) is 12.3 Å². The molecule has 0 aromatic heterocycles. The molecule has 0 aliphatic carbocycles. The van der Waals surface area contributed by atoms with Gasteiger partial charge in [0.15, 0.2) is 0 Å². The molecule has 1 saturated heterocycles. The summed E-state index contributed by atoms with van der Waals surface area (Å²) in [4.78, 5) is 15.8. The summed E-state index contributed by atoms with van der Waals surface area (Å²) in [6.07, 6.45) is 6.85. The molecule has 1 heterocycles. The van der Waals surface area contributed by atoms with Crippen LogP contribution in [0.15, 0.2) is 12.7 Å². The first kappa shape index (κ1) is 12.8. The average Bonchev–Trinajstić information content (AvgIpc) is 2.26. The second-order valence-corrected chi connectivity index (χ2v) is 4.53. The Kier molecular flexibility index (Phi) is 4.14. The van der Waals surface area contributed by atoms with Crippen LogP contribution in [0.3, 0.4) is 0 Å². The van der Waals surface area contributed by atoms with E-state index in [4.69, 9.17) is 6.42 Å². The summed E-state index contributed by atoms with van der Waals surface area (Å²) in [6, 6.07) is 0.457. The lowest BCUT2D eigenvalue weighted by Crippen LogP contribution is -2.60. The van der Waals surface area contributed by atoms with Crippen molar-refractivity contribution in [1.29, 1.82) is 0 Å². The number of terminal acetylenes is 1. The maximum atomic E-state index is 11.7. The normalized spacial score (nSPS) is 26.6. The van der Waals surface area contributed by atoms with E-state index in [1.54, 1.807) is 4.90 Å². The molecule has 16 heavy (non-hydrogen) atoms. The van der Waals surface area contributed by atoms with Crippen LogP contribution in [-0.2, 0) is 4.79 Å². The van der Waals surface area contributed by atoms with Crippen LogP contribution >= 0.6 is 0 Å². The van der Waals surface area contributed by atoms with Gasteiger partial charge in [-0.2, -0.15) is 0 Å². The van der Waals surface area contributed by atoms with Gasteiger partial charge in [0.2, 0.25) is 5.91 Å². The second kappa shape index (κ2) is 5.18. The standard InChI is InChI=1S/C13H20N2O/c1-6-12-9-14(10(3)4)8-11(5)15(12)13(16)7-2/h1,7,10-12H,2,8-9H2,3-5H3/t11-,12+/m0/s1. The third kappa shape index (κ3) is 2.45. The van der Waals surface area contributed by atoms with Crippen LogP contribution in [0.2, 0.25) is 0 Å². The van der Waals surface area contributed by atoms with Crippen LogP contribution in [0.4, 0.5) is 0 Å². The van der Waals surface area contributed by atoms with Crippen molar-refractivity contribution < 1.29 is 4.79 Å². The van der Waals surface area contributed by atoms with Gasteiger partial charge in [0.05, 0.1) is 0 Å². The van der Waals surface area contributed by atoms with E-state index in [-0.39, 0.29) is 18.0 Å². The van der Waals surface area contributed by atoms with Gasteiger partial charge in [-0.3, -0.25) is 9.69 Å². The molecule has 0 aromatic carbocycles. The molecule has 0 spiro atoms. The minimum Gasteiger partial charge on any atom is -0.320 e. The summed E-state index contributed by atoms with van der Waals surface area (Å²) in [5, 5.41) is 0. The van der Waals surface area contributed by atoms with Crippen LogP contribution < -0.4 is 0 Å². The molecule has 0 bridgehead atoms. The van der Waals surface area contributed by atoms with Crippen LogP contribution in [0, 0.1) is 12.3 Å². The van der Waals surface area contributed by atoms with Crippen molar-refractivity contribution >= 4 is 5.91 Å². The maximum absolute atomic E-state index is 11.7. The molecule has 2 atom stereocenters. The predicted molar refractivity (Wildman–Crippen MR) is 65.8 cm³/mol. The monoisotopic (exact) mass is 220 g/mol. The average molecular weight is 220 g/mol. The van der Waals surface area contributed by atoms with Crippen molar-refractivity contribution in [3.05, 3.63) is 12.7 Å². The first-order valence-corrected chi connectivity index (χ1v) is 5.66. The number of rotatable bonds is 2. The zero-order chi connectivity index (χ0) is 12.3. The maximum Gasteiger partial charge on any atom is 0.247 e. The van der Waals surface area contributed by atoms with Gasteiger partial charge in [-0.05, 0) is 26.8 Å². The van der Waals surface area contributed by atoms with Gasteiger partial charge in [0, 0.05) is 25.2 Å². The van der Waals surface area contributed by atoms with E-state index in [9.17, 15) is 4.79 Å². The minimum absolute atomic E-state index is 0.0705. The highest BCUT2D eigenvalue weighted by Gasteiger charge is 2.33. The fourth-order valence-electron chi connectivity index (χ4n) is 2.15. The number of piperazine rings is 1. The fraction of sp³-hybridized carbons (Fsp3) is 0.615. The molecule has 3 heteroatoms. The van der Waals surface area contributed by atoms with E-state index in [0.717, 1.165) is 13.1 Å². The molecule has 0 N–H and O–H groups in total. The molecule has 1 amide bonds. The van der Waals surface area contributed by atoms with Gasteiger partial charge in [-0.1, -0.05) is 12.5 Å². The lowest BCUT2D eigenvalue weighted by molar-refractivity contribution is -0.132. The van der Waals surface area contributed by atoms with Gasteiger partial charge >= 0.3 is 0 Å². The van der Waals surface area contributed by atoms with Crippen molar-refractivity contribution in [2.45, 2.75) is 38.9 Å². The summed E-state index contributed by atoms with van der Waals surface area (Å²) in [7, 11) is 0. The Morgan fingerprint density at radius 2 is 2.19 bits per heavy atom. The number of hydrogen-bond donors (Lipinski definition) is 0. The highest BCUT2D eigenvalue weighted by Crippen LogP contribution is 2.17. The zero-order valence-corrected chi connectivity index (χ0v) is 10.3. The molecule has 1 aliphatic rings. The molecule has 1 fully saturated rings. The molecule has 88 valence electrons. The molecule has 0 aromatic rings. The van der Waals surface area contributed by atoms with Crippen LogP contribution in [-0.4, -0.2) is 46.9 Å². The predicted octanol–water partition coefficient (Wildman–Crippen LogP) is 1.12. The molecule has 3 nitrogen and oxygen atoms in total. The summed E-state index contributed by atoms with van der Waals surface area (Å²) in [6.45, 7) is 11.5. The molecule has 0 radical (unpaired) electrons. The minimum atomic E-state index is -0.142. The summed E-state index contributed by atoms with van der Waals surface area (Å²) in [5.41, 5.74) is 0. The van der Waals surface area contributed by atoms with Crippen molar-refractivity contribution in [1.82, 2.24) is 9.80 Å².